The van der Waals surface area contributed by atoms with E-state index in [0.29, 0.717) is 50.4 Å². The average molecular weight is 1050 g/mol. The fourth-order valence-electron chi connectivity index (χ4n) is 18.2. The molecule has 3 aromatic carbocycles. The first-order chi connectivity index (χ1) is 37.9. The van der Waals surface area contributed by atoms with E-state index in [1.54, 1.807) is 7.11 Å². The van der Waals surface area contributed by atoms with Gasteiger partial charge in [0, 0.05) is 53.4 Å². The molecule has 0 radical (unpaired) electrons. The number of guanidine groups is 1. The first-order valence-electron chi connectivity index (χ1n) is 30.1. The minimum atomic E-state index is -0.705. The molecule has 1 heterocycles. The minimum absolute atomic E-state index is 0.0454. The van der Waals surface area contributed by atoms with Crippen molar-refractivity contribution in [3.63, 3.8) is 0 Å². The standard InChI is InChI=1S/C68H81N3O7/c1-40-24-54-58-31-44-30-48-14-11-17-51-53(34-60(78-50-15-4-5-16-50)64(76)63(51)62(54)56(44)38-77-2)52-33-59(75)61-45(36-66(39-73)20-9-6-18-57(66)55(61)37-72)29-43(52)19-23-67(58,35-40)47-27-42(28-49(74)32-47)25-41-12-10-13-46(26-41)68(71-65(69)70-48)21-7-3-8-22-68/h9-10,12-13,19-20,23,26-28,31-32,34,40,43-45,48,50,52,54,56-57,62,72-74,76H,3-8,14-16,18,21-22,24-25,29-30,33,35-39H2,1-2H3,(H3,69,70,71)/b23-19+/t40-,43-,44+,45+,48+,52-,54-,56+,57+,62+,66+,67-/m1/s1. The molecule has 10 nitrogen and oxygen atoms in total. The van der Waals surface area contributed by atoms with Crippen molar-refractivity contribution in [1.29, 1.82) is 0 Å². The number of ether oxygens (including phenoxy) is 2. The maximum Gasteiger partial charge on any atom is 0.189 e. The normalized spacial score (nSPS) is 35.0. The van der Waals surface area contributed by atoms with Crippen molar-refractivity contribution in [2.45, 2.75) is 164 Å². The Kier molecular flexibility index (Phi) is 13.6. The van der Waals surface area contributed by atoms with E-state index in [9.17, 15) is 20.4 Å². The zero-order valence-corrected chi connectivity index (χ0v) is 46.0. The molecular weight excluding hydrogens is 971 g/mol. The summed E-state index contributed by atoms with van der Waals surface area (Å²) in [5.74, 6) is 7.66. The number of rotatable bonds is 6. The van der Waals surface area contributed by atoms with E-state index < -0.39 is 16.4 Å². The van der Waals surface area contributed by atoms with E-state index in [1.807, 2.05) is 12.1 Å². The lowest BCUT2D eigenvalue weighted by atomic mass is 9.50. The van der Waals surface area contributed by atoms with Crippen LogP contribution in [0.3, 0.4) is 0 Å². The predicted molar refractivity (Wildman–Crippen MR) is 304 cm³/mol. The second kappa shape index (κ2) is 20.5. The summed E-state index contributed by atoms with van der Waals surface area (Å²) in [6.07, 6.45) is 27.4. The number of aliphatic hydroxyl groups is 2. The molecule has 78 heavy (non-hydrogen) atoms. The number of carbonyl (C=O) groups excluding carboxylic acids is 1. The van der Waals surface area contributed by atoms with Gasteiger partial charge in [-0.2, -0.15) is 0 Å². The molecule has 4 fully saturated rings. The monoisotopic (exact) mass is 1050 g/mol. The average Bonchev–Trinajstić information content (AvgIpc) is 4.09. The Bertz CT molecular complexity index is 3090. The molecule has 410 valence electrons. The molecule has 10 aliphatic rings. The van der Waals surface area contributed by atoms with Crippen LogP contribution in [0.1, 0.15) is 173 Å². The fourth-order valence-corrected chi connectivity index (χ4v) is 18.2. The molecule has 13 bridgehead atoms. The number of methoxy groups -OCH3 is 1. The van der Waals surface area contributed by atoms with Crippen LogP contribution < -0.4 is 15.8 Å². The minimum Gasteiger partial charge on any atom is -0.508 e. The number of Topliss-reactive ketones (excluding diaryl/α,β-unsaturated/α-hetero) is 1. The molecule has 9 aliphatic carbocycles. The summed E-state index contributed by atoms with van der Waals surface area (Å²) in [6.45, 7) is 2.53. The summed E-state index contributed by atoms with van der Waals surface area (Å²) in [4.78, 5) is 21.2. The maximum absolute atomic E-state index is 15.7. The van der Waals surface area contributed by atoms with Crippen LogP contribution >= 0.6 is 0 Å². The lowest BCUT2D eigenvalue weighted by molar-refractivity contribution is -0.116. The second-order valence-electron chi connectivity index (χ2n) is 26.0. The van der Waals surface area contributed by atoms with E-state index in [2.05, 4.69) is 90.9 Å². The third kappa shape index (κ3) is 8.79. The Morgan fingerprint density at radius 2 is 1.73 bits per heavy atom. The smallest absolute Gasteiger partial charge is 0.189 e. The van der Waals surface area contributed by atoms with E-state index in [4.69, 9.17) is 20.2 Å². The van der Waals surface area contributed by atoms with Crippen LogP contribution in [0.15, 0.2) is 101 Å². The highest BCUT2D eigenvalue weighted by molar-refractivity contribution is 5.98. The number of allylic oxidation sites excluding steroid dienone is 6. The van der Waals surface area contributed by atoms with Crippen molar-refractivity contribution >= 4 is 11.7 Å². The molecule has 0 aromatic heterocycles. The van der Waals surface area contributed by atoms with E-state index in [0.717, 1.165) is 122 Å². The summed E-state index contributed by atoms with van der Waals surface area (Å²) in [6, 6.07) is 17.1. The van der Waals surface area contributed by atoms with Crippen LogP contribution in [0.4, 0.5) is 0 Å². The number of hydrogen-bond donors (Lipinski definition) is 6. The number of aliphatic hydroxyl groups excluding tert-OH is 2. The van der Waals surface area contributed by atoms with E-state index >= 15 is 4.79 Å². The molecule has 0 unspecified atom stereocenters. The van der Waals surface area contributed by atoms with Crippen molar-refractivity contribution in [3.05, 3.63) is 135 Å². The summed E-state index contributed by atoms with van der Waals surface area (Å²) in [7, 11) is 1.80. The van der Waals surface area contributed by atoms with Gasteiger partial charge in [-0.15, -0.1) is 0 Å². The molecule has 4 saturated carbocycles. The van der Waals surface area contributed by atoms with Crippen molar-refractivity contribution in [2.24, 2.45) is 57.6 Å². The number of phenolic OH excluding ortho intramolecular Hbond substituents is 2. The van der Waals surface area contributed by atoms with Gasteiger partial charge >= 0.3 is 0 Å². The van der Waals surface area contributed by atoms with Crippen molar-refractivity contribution in [2.75, 3.05) is 26.9 Å². The molecule has 10 heteroatoms. The van der Waals surface area contributed by atoms with Crippen LogP contribution in [-0.4, -0.2) is 71.2 Å². The van der Waals surface area contributed by atoms with Crippen LogP contribution in [0.5, 0.6) is 17.2 Å². The Balaban J connectivity index is 1.12. The third-order valence-electron chi connectivity index (χ3n) is 21.4. The molecule has 1 aliphatic heterocycles. The number of aromatic hydroxyl groups is 2. The van der Waals surface area contributed by atoms with Gasteiger partial charge in [0.15, 0.2) is 23.2 Å². The second-order valence-corrected chi connectivity index (χ2v) is 26.0. The maximum atomic E-state index is 15.7. The van der Waals surface area contributed by atoms with Gasteiger partial charge in [-0.05, 0) is 189 Å². The first kappa shape index (κ1) is 51.8. The van der Waals surface area contributed by atoms with Crippen LogP contribution in [0.2, 0.25) is 0 Å². The Morgan fingerprint density at radius 3 is 2.54 bits per heavy atom. The molecule has 7 N–H and O–H groups in total. The van der Waals surface area contributed by atoms with Gasteiger partial charge in [0.05, 0.1) is 37.5 Å². The zero-order valence-electron chi connectivity index (χ0n) is 46.0. The topological polar surface area (TPSA) is 167 Å². The van der Waals surface area contributed by atoms with Crippen LogP contribution in [0.25, 0.3) is 0 Å². The van der Waals surface area contributed by atoms with Gasteiger partial charge in [0.2, 0.25) is 0 Å². The first-order valence-corrected chi connectivity index (χ1v) is 30.1. The largest absolute Gasteiger partial charge is 0.508 e. The lowest BCUT2D eigenvalue weighted by Gasteiger charge is -2.54. The van der Waals surface area contributed by atoms with Gasteiger partial charge in [-0.25, -0.2) is 4.99 Å². The SMILES string of the molecule is COC[C@@H]1[C@H]2c3c(O)c(OC4CCCC4)cc4c3C#CC[C@H]3C[C@H]1C=C1[C@H]2C[C@@H](C)C[C@]1(/C=C/[C@@H]1C[C@H]2C[C@]5(CO)C=CCC[C@H]5C(CO)=C2C(=O)C[C@@H]41)c1cc(O)cc(c1)Cc1cccc(c1)C1(CCCCC1)NC(N)=N3. The van der Waals surface area contributed by atoms with Gasteiger partial charge in [-0.1, -0.05) is 104 Å². The number of nitrogens with two attached hydrogens (primary N) is 1. The van der Waals surface area contributed by atoms with Gasteiger partial charge in [-0.3, -0.25) is 4.79 Å². The van der Waals surface area contributed by atoms with Gasteiger partial charge in [0.25, 0.3) is 0 Å². The van der Waals surface area contributed by atoms with Crippen molar-refractivity contribution < 1.29 is 34.7 Å². The summed E-state index contributed by atoms with van der Waals surface area (Å²) >= 11 is 0. The van der Waals surface area contributed by atoms with Crippen LogP contribution in [0, 0.1) is 58.7 Å². The Morgan fingerprint density at radius 1 is 0.897 bits per heavy atom. The highest BCUT2D eigenvalue weighted by atomic mass is 16.5. The molecule has 3 aromatic rings. The molecule has 1 spiro atoms. The molecular formula is C68H81N3O7. The van der Waals surface area contributed by atoms with Crippen molar-refractivity contribution in [3.8, 4) is 29.1 Å². The number of fused-ring (bicyclic) bond motifs is 10. The molecule has 0 amide bonds. The van der Waals surface area contributed by atoms with Gasteiger partial charge < -0.3 is 41.0 Å². The number of phenols is 2. The zero-order chi connectivity index (χ0) is 53.5. The molecule has 12 atom stereocenters. The highest BCUT2D eigenvalue weighted by Crippen LogP contribution is 2.64. The number of carbonyl (C=O) groups is 1. The molecule has 0 saturated heterocycles. The third-order valence-corrected chi connectivity index (χ3v) is 21.4. The number of aliphatic imine (C=N–C) groups is 1. The predicted octanol–water partition coefficient (Wildman–Crippen LogP) is 11.4. The Labute approximate surface area is 461 Å². The summed E-state index contributed by atoms with van der Waals surface area (Å²) in [5, 5.41) is 52.3. The fraction of sp³-hybridized carbons (Fsp3) is 0.559. The number of hydrogen-bond acceptors (Lipinski definition) is 10. The van der Waals surface area contributed by atoms with E-state index in [-0.39, 0.29) is 102 Å². The van der Waals surface area contributed by atoms with Crippen LogP contribution in [-0.2, 0) is 26.9 Å². The number of ketones is 1. The van der Waals surface area contributed by atoms with Gasteiger partial charge in [0.1, 0.15) is 5.75 Å². The van der Waals surface area contributed by atoms with E-state index in [1.165, 1.54) is 17.6 Å². The summed E-state index contributed by atoms with van der Waals surface area (Å²) in [5.41, 5.74) is 15.4. The number of nitrogens with zero attached hydrogens (tertiary/aromatic N) is 1. The number of nitrogens with one attached hydrogen (secondary N) is 1. The highest BCUT2D eigenvalue weighted by Gasteiger charge is 2.55. The lowest BCUT2D eigenvalue weighted by Crippen LogP contribution is -2.50. The number of benzene rings is 3. The Hall–Kier alpha value is -5.60. The quantitative estimate of drug-likeness (QED) is 0.104. The molecule has 13 rings (SSSR count). The summed E-state index contributed by atoms with van der Waals surface area (Å²) < 4.78 is 13.5. The van der Waals surface area contributed by atoms with Crippen molar-refractivity contribution in [1.82, 2.24) is 5.32 Å².